The van der Waals surface area contributed by atoms with Crippen molar-refractivity contribution in [2.24, 2.45) is 5.92 Å². The van der Waals surface area contributed by atoms with Gasteiger partial charge in [0, 0.05) is 21.6 Å². The van der Waals surface area contributed by atoms with Crippen LogP contribution in [-0.2, 0) is 0 Å². The minimum absolute atomic E-state index is 0.0203. The summed E-state index contributed by atoms with van der Waals surface area (Å²) in [6, 6.07) is 9.23. The fourth-order valence-corrected chi connectivity index (χ4v) is 5.33. The molecule has 1 fully saturated rings. The van der Waals surface area contributed by atoms with Crippen LogP contribution in [0.2, 0.25) is 0 Å². The molecule has 3 N–H and O–H groups in total. The van der Waals surface area contributed by atoms with E-state index in [1.165, 1.54) is 6.92 Å². The third-order valence-electron chi connectivity index (χ3n) is 6.12. The van der Waals surface area contributed by atoms with Crippen LogP contribution in [0, 0.1) is 5.92 Å². The summed E-state index contributed by atoms with van der Waals surface area (Å²) in [6.45, 7) is 1.73. The van der Waals surface area contributed by atoms with Gasteiger partial charge >= 0.3 is 0 Å². The number of nitrogens with one attached hydrogen (secondary N) is 1. The standard InChI is InChI=1S/C21H20BrNO5/c1-9(24)10-2-3-15-12(4-10)19-13(5-16(25)21(19)26)20(23-15)11-6-17-18(7-14(11)22)28-8-27-17/h2-4,6-7,13,16,19-21,23,25-26H,5,8H2,1H3/t13-,16-,19-,20?,21-/m0/s1. The second-order valence-corrected chi connectivity index (χ2v) is 8.54. The number of halogens is 1. The number of Topliss-reactive ketones (excluding diaryl/α,β-unsaturated/α-hetero) is 1. The van der Waals surface area contributed by atoms with Gasteiger partial charge in [0.15, 0.2) is 17.3 Å². The minimum atomic E-state index is -0.872. The van der Waals surface area contributed by atoms with Gasteiger partial charge in [-0.05, 0) is 60.7 Å². The van der Waals surface area contributed by atoms with Crippen LogP contribution >= 0.6 is 15.9 Å². The molecule has 0 amide bonds. The first-order chi connectivity index (χ1) is 13.4. The summed E-state index contributed by atoms with van der Waals surface area (Å²) in [5.41, 5.74) is 3.35. The maximum atomic E-state index is 11.8. The lowest BCUT2D eigenvalue weighted by Crippen LogP contribution is -2.33. The van der Waals surface area contributed by atoms with Gasteiger partial charge in [-0.3, -0.25) is 4.79 Å². The molecule has 5 rings (SSSR count). The molecule has 2 aliphatic heterocycles. The number of anilines is 1. The van der Waals surface area contributed by atoms with Gasteiger partial charge in [-0.25, -0.2) is 0 Å². The summed E-state index contributed by atoms with van der Waals surface area (Å²) in [4.78, 5) is 11.8. The van der Waals surface area contributed by atoms with Crippen molar-refractivity contribution < 1.29 is 24.5 Å². The summed E-state index contributed by atoms with van der Waals surface area (Å²) < 4.78 is 11.9. The van der Waals surface area contributed by atoms with Gasteiger partial charge in [0.1, 0.15) is 0 Å². The lowest BCUT2D eigenvalue weighted by molar-refractivity contribution is 0.0348. The predicted octanol–water partition coefficient (Wildman–Crippen LogP) is 3.37. The van der Waals surface area contributed by atoms with E-state index in [4.69, 9.17) is 9.47 Å². The lowest BCUT2D eigenvalue weighted by atomic mass is 9.76. The van der Waals surface area contributed by atoms with Gasteiger partial charge in [0.2, 0.25) is 6.79 Å². The van der Waals surface area contributed by atoms with Crippen LogP contribution in [0.25, 0.3) is 0 Å². The van der Waals surface area contributed by atoms with Crippen molar-refractivity contribution in [2.45, 2.75) is 37.5 Å². The second-order valence-electron chi connectivity index (χ2n) is 7.69. The molecule has 2 heterocycles. The summed E-state index contributed by atoms with van der Waals surface area (Å²) in [5, 5.41) is 24.7. The van der Waals surface area contributed by atoms with Crippen molar-refractivity contribution in [2.75, 3.05) is 12.1 Å². The summed E-state index contributed by atoms with van der Waals surface area (Å²) in [5.74, 6) is 1.08. The van der Waals surface area contributed by atoms with E-state index in [0.29, 0.717) is 23.5 Å². The highest BCUT2D eigenvalue weighted by molar-refractivity contribution is 9.10. The van der Waals surface area contributed by atoms with Crippen molar-refractivity contribution in [1.29, 1.82) is 0 Å². The number of ketones is 1. The Bertz CT molecular complexity index is 978. The second kappa shape index (κ2) is 6.47. The van der Waals surface area contributed by atoms with Gasteiger partial charge < -0.3 is 25.0 Å². The molecule has 2 aromatic carbocycles. The van der Waals surface area contributed by atoms with Crippen LogP contribution in [0.1, 0.15) is 46.8 Å². The number of hydrogen-bond donors (Lipinski definition) is 3. The first-order valence-electron chi connectivity index (χ1n) is 9.30. The largest absolute Gasteiger partial charge is 0.454 e. The number of carbonyl (C=O) groups is 1. The summed E-state index contributed by atoms with van der Waals surface area (Å²) in [7, 11) is 0. The average molecular weight is 446 g/mol. The summed E-state index contributed by atoms with van der Waals surface area (Å²) in [6.07, 6.45) is -1.21. The van der Waals surface area contributed by atoms with E-state index in [-0.39, 0.29) is 30.5 Å². The highest BCUT2D eigenvalue weighted by Crippen LogP contribution is 2.54. The molecule has 1 unspecified atom stereocenters. The van der Waals surface area contributed by atoms with Crippen LogP contribution in [0.5, 0.6) is 11.5 Å². The number of ether oxygens (including phenoxy) is 2. The molecule has 0 radical (unpaired) electrons. The van der Waals surface area contributed by atoms with Crippen LogP contribution in [0.3, 0.4) is 0 Å². The van der Waals surface area contributed by atoms with Crippen molar-refractivity contribution in [1.82, 2.24) is 0 Å². The first kappa shape index (κ1) is 18.0. The molecule has 0 spiro atoms. The number of rotatable bonds is 2. The van der Waals surface area contributed by atoms with Crippen LogP contribution in [-0.4, -0.2) is 35.0 Å². The Hall–Kier alpha value is -2.09. The third kappa shape index (κ3) is 2.64. The molecule has 1 saturated carbocycles. The number of benzene rings is 2. The fourth-order valence-electron chi connectivity index (χ4n) is 4.76. The first-order valence-corrected chi connectivity index (χ1v) is 10.1. The van der Waals surface area contributed by atoms with Crippen molar-refractivity contribution in [3.63, 3.8) is 0 Å². The molecule has 7 heteroatoms. The maximum absolute atomic E-state index is 11.8. The van der Waals surface area contributed by atoms with Crippen molar-refractivity contribution in [3.05, 3.63) is 51.5 Å². The number of aliphatic hydroxyl groups excluding tert-OH is 2. The number of carbonyl (C=O) groups excluding carboxylic acids is 1. The normalized spacial score (nSPS) is 29.8. The molecule has 146 valence electrons. The molecule has 2 aromatic rings. The molecule has 0 saturated heterocycles. The summed E-state index contributed by atoms with van der Waals surface area (Å²) >= 11 is 3.64. The van der Waals surface area contributed by atoms with E-state index in [9.17, 15) is 15.0 Å². The molecular formula is C21H20BrNO5. The third-order valence-corrected chi connectivity index (χ3v) is 6.81. The topological polar surface area (TPSA) is 88.0 Å². The van der Waals surface area contributed by atoms with E-state index >= 15 is 0 Å². The molecular weight excluding hydrogens is 426 g/mol. The zero-order chi connectivity index (χ0) is 19.6. The van der Waals surface area contributed by atoms with E-state index < -0.39 is 12.2 Å². The molecule has 0 aromatic heterocycles. The zero-order valence-corrected chi connectivity index (χ0v) is 16.8. The van der Waals surface area contributed by atoms with E-state index in [1.54, 1.807) is 6.07 Å². The van der Waals surface area contributed by atoms with Gasteiger partial charge in [0.25, 0.3) is 0 Å². The van der Waals surface area contributed by atoms with Gasteiger partial charge in [0.05, 0.1) is 18.2 Å². The average Bonchev–Trinajstić information content (AvgIpc) is 3.24. The number of aliphatic hydroxyl groups is 2. The minimum Gasteiger partial charge on any atom is -0.454 e. The van der Waals surface area contributed by atoms with E-state index in [0.717, 1.165) is 21.3 Å². The van der Waals surface area contributed by atoms with Crippen molar-refractivity contribution >= 4 is 27.4 Å². The Kier molecular flexibility index (Phi) is 4.15. The Morgan fingerprint density at radius 2 is 1.89 bits per heavy atom. The van der Waals surface area contributed by atoms with Gasteiger partial charge in [-0.1, -0.05) is 15.9 Å². The van der Waals surface area contributed by atoms with Crippen LogP contribution < -0.4 is 14.8 Å². The molecule has 1 aliphatic carbocycles. The van der Waals surface area contributed by atoms with Gasteiger partial charge in [-0.2, -0.15) is 0 Å². The Morgan fingerprint density at radius 3 is 2.64 bits per heavy atom. The molecule has 0 bridgehead atoms. The van der Waals surface area contributed by atoms with Crippen molar-refractivity contribution in [3.8, 4) is 11.5 Å². The fraction of sp³-hybridized carbons (Fsp3) is 0.381. The Morgan fingerprint density at radius 1 is 1.14 bits per heavy atom. The zero-order valence-electron chi connectivity index (χ0n) is 15.2. The highest BCUT2D eigenvalue weighted by atomic mass is 79.9. The number of hydrogen-bond acceptors (Lipinski definition) is 6. The van der Waals surface area contributed by atoms with Crippen LogP contribution in [0.15, 0.2) is 34.8 Å². The molecule has 3 aliphatic rings. The SMILES string of the molecule is CC(=O)c1ccc2c(c1)[C@@H]1[C@@H](O)[C@@H](O)C[C@@H]1C(c1cc3c(cc1Br)OCO3)N2. The molecule has 5 atom stereocenters. The number of fused-ring (bicyclic) bond motifs is 4. The smallest absolute Gasteiger partial charge is 0.231 e. The van der Waals surface area contributed by atoms with E-state index in [1.807, 2.05) is 24.3 Å². The lowest BCUT2D eigenvalue weighted by Gasteiger charge is -2.38. The predicted molar refractivity (Wildman–Crippen MR) is 106 cm³/mol. The maximum Gasteiger partial charge on any atom is 0.231 e. The quantitative estimate of drug-likeness (QED) is 0.614. The van der Waals surface area contributed by atoms with Gasteiger partial charge in [-0.15, -0.1) is 0 Å². The van der Waals surface area contributed by atoms with Crippen LogP contribution in [0.4, 0.5) is 5.69 Å². The highest BCUT2D eigenvalue weighted by Gasteiger charge is 2.50. The Balaban J connectivity index is 1.63. The molecule has 28 heavy (non-hydrogen) atoms. The monoisotopic (exact) mass is 445 g/mol. The van der Waals surface area contributed by atoms with E-state index in [2.05, 4.69) is 21.2 Å². The Labute approximate surface area is 170 Å². The molecule has 6 nitrogen and oxygen atoms in total.